The third-order valence-corrected chi connectivity index (χ3v) is 3.35. The van der Waals surface area contributed by atoms with Crippen molar-refractivity contribution in [2.24, 2.45) is 11.1 Å². The van der Waals surface area contributed by atoms with Gasteiger partial charge in [-0.3, -0.25) is 5.41 Å². The molecule has 0 radical (unpaired) electrons. The summed E-state index contributed by atoms with van der Waals surface area (Å²) in [7, 11) is 0. The molecule has 0 atom stereocenters. The Hall–Kier alpha value is -0.570. The van der Waals surface area contributed by atoms with E-state index >= 15 is 0 Å². The van der Waals surface area contributed by atoms with E-state index in [0.29, 0.717) is 11.3 Å². The van der Waals surface area contributed by atoms with Gasteiger partial charge in [-0.15, -0.1) is 0 Å². The molecule has 0 unspecified atom stereocenters. The minimum atomic E-state index is 0.324. The van der Waals surface area contributed by atoms with Crippen LogP contribution in [0.3, 0.4) is 0 Å². The fraction of sp³-hybridized carbons (Fsp3) is 0.917. The van der Waals surface area contributed by atoms with Crippen LogP contribution in [0.1, 0.15) is 46.0 Å². The van der Waals surface area contributed by atoms with Crippen LogP contribution in [-0.2, 0) is 0 Å². The summed E-state index contributed by atoms with van der Waals surface area (Å²) >= 11 is 0. The van der Waals surface area contributed by atoms with Gasteiger partial charge < -0.3 is 10.6 Å². The summed E-state index contributed by atoms with van der Waals surface area (Å²) < 4.78 is 0. The van der Waals surface area contributed by atoms with E-state index in [1.165, 1.54) is 32.4 Å². The van der Waals surface area contributed by atoms with Crippen LogP contribution < -0.4 is 5.73 Å². The number of nitrogens with zero attached hydrogens (tertiary/aromatic N) is 1. The van der Waals surface area contributed by atoms with Crippen molar-refractivity contribution in [3.05, 3.63) is 0 Å². The predicted octanol–water partition coefficient (Wildman–Crippen LogP) is 2.21. The monoisotopic (exact) mass is 211 g/mol. The van der Waals surface area contributed by atoms with Crippen molar-refractivity contribution in [3.63, 3.8) is 0 Å². The average molecular weight is 211 g/mol. The van der Waals surface area contributed by atoms with E-state index in [0.717, 1.165) is 19.4 Å². The van der Waals surface area contributed by atoms with Crippen molar-refractivity contribution in [1.82, 2.24) is 4.90 Å². The molecule has 0 saturated carbocycles. The maximum absolute atomic E-state index is 7.18. The molecular weight excluding hydrogens is 186 g/mol. The van der Waals surface area contributed by atoms with Crippen LogP contribution in [-0.4, -0.2) is 30.4 Å². The van der Waals surface area contributed by atoms with Gasteiger partial charge in [-0.25, -0.2) is 0 Å². The average Bonchev–Trinajstić information content (AvgIpc) is 2.27. The molecule has 3 nitrogen and oxygen atoms in total. The van der Waals surface area contributed by atoms with Crippen molar-refractivity contribution < 1.29 is 0 Å². The molecule has 0 bridgehead atoms. The maximum Gasteiger partial charge on any atom is 0.0905 e. The molecule has 1 heterocycles. The Kier molecular flexibility index (Phi) is 4.58. The van der Waals surface area contributed by atoms with Gasteiger partial charge in [0.2, 0.25) is 0 Å². The largest absolute Gasteiger partial charge is 0.388 e. The van der Waals surface area contributed by atoms with E-state index in [9.17, 15) is 0 Å². The van der Waals surface area contributed by atoms with E-state index in [-0.39, 0.29) is 0 Å². The summed E-state index contributed by atoms with van der Waals surface area (Å²) in [5, 5.41) is 7.18. The summed E-state index contributed by atoms with van der Waals surface area (Å²) in [6, 6.07) is 0. The molecule has 1 aliphatic heterocycles. The summed E-state index contributed by atoms with van der Waals surface area (Å²) in [4.78, 5) is 2.53. The Balaban J connectivity index is 2.23. The predicted molar refractivity (Wildman–Crippen MR) is 65.2 cm³/mol. The minimum Gasteiger partial charge on any atom is -0.388 e. The summed E-state index contributed by atoms with van der Waals surface area (Å²) in [5.74, 6) is 0.324. The summed E-state index contributed by atoms with van der Waals surface area (Å²) in [6.45, 7) is 8.28. The number of nitrogens with one attached hydrogen (secondary N) is 1. The van der Waals surface area contributed by atoms with Crippen molar-refractivity contribution in [3.8, 4) is 0 Å². The molecule has 1 fully saturated rings. The second-order valence-corrected chi connectivity index (χ2v) is 5.49. The number of nitrogens with two attached hydrogens (primary N) is 1. The lowest BCUT2D eigenvalue weighted by molar-refractivity contribution is 0.261. The Morgan fingerprint density at radius 3 is 2.73 bits per heavy atom. The zero-order chi connectivity index (χ0) is 11.3. The van der Waals surface area contributed by atoms with E-state index in [4.69, 9.17) is 11.1 Å². The van der Waals surface area contributed by atoms with Gasteiger partial charge in [-0.1, -0.05) is 13.8 Å². The molecule has 88 valence electrons. The Bertz CT molecular complexity index is 211. The van der Waals surface area contributed by atoms with Gasteiger partial charge in [0.25, 0.3) is 0 Å². The van der Waals surface area contributed by atoms with E-state index in [2.05, 4.69) is 18.7 Å². The van der Waals surface area contributed by atoms with Gasteiger partial charge in [0.05, 0.1) is 5.84 Å². The molecule has 1 rings (SSSR count). The van der Waals surface area contributed by atoms with Gasteiger partial charge in [-0.2, -0.15) is 0 Å². The van der Waals surface area contributed by atoms with Crippen LogP contribution in [0.15, 0.2) is 0 Å². The lowest BCUT2D eigenvalue weighted by Gasteiger charge is -2.23. The first-order chi connectivity index (χ1) is 6.99. The lowest BCUT2D eigenvalue weighted by Crippen LogP contribution is -2.27. The molecular formula is C12H25N3. The zero-order valence-electron chi connectivity index (χ0n) is 10.2. The smallest absolute Gasteiger partial charge is 0.0905 e. The highest BCUT2D eigenvalue weighted by Crippen LogP contribution is 2.29. The lowest BCUT2D eigenvalue weighted by atomic mass is 9.85. The second-order valence-electron chi connectivity index (χ2n) is 5.49. The number of rotatable bonds is 4. The number of hydrogen-bond acceptors (Lipinski definition) is 2. The van der Waals surface area contributed by atoms with Crippen LogP contribution in [0, 0.1) is 10.8 Å². The summed E-state index contributed by atoms with van der Waals surface area (Å²) in [5.41, 5.74) is 5.87. The quantitative estimate of drug-likeness (QED) is 0.553. The fourth-order valence-corrected chi connectivity index (χ4v) is 2.20. The molecule has 0 aromatic carbocycles. The molecule has 1 saturated heterocycles. The van der Waals surface area contributed by atoms with E-state index in [1.54, 1.807) is 0 Å². The molecule has 15 heavy (non-hydrogen) atoms. The fourth-order valence-electron chi connectivity index (χ4n) is 2.20. The van der Waals surface area contributed by atoms with Crippen LogP contribution >= 0.6 is 0 Å². The molecule has 0 aliphatic carbocycles. The van der Waals surface area contributed by atoms with Crippen molar-refractivity contribution >= 4 is 5.84 Å². The number of hydrogen-bond donors (Lipinski definition) is 2. The molecule has 0 amide bonds. The van der Waals surface area contributed by atoms with E-state index in [1.807, 2.05) is 0 Å². The highest BCUT2D eigenvalue weighted by atomic mass is 15.1. The zero-order valence-corrected chi connectivity index (χ0v) is 10.2. The van der Waals surface area contributed by atoms with Gasteiger partial charge in [0.1, 0.15) is 0 Å². The van der Waals surface area contributed by atoms with E-state index < -0.39 is 0 Å². The Morgan fingerprint density at radius 2 is 2.07 bits per heavy atom. The normalized spacial score (nSPS) is 22.3. The molecule has 1 aliphatic rings. The van der Waals surface area contributed by atoms with Gasteiger partial charge in [-0.05, 0) is 50.7 Å². The van der Waals surface area contributed by atoms with Crippen LogP contribution in [0.2, 0.25) is 0 Å². The second kappa shape index (κ2) is 5.50. The molecule has 0 spiro atoms. The molecule has 0 aromatic rings. The molecule has 3 N–H and O–H groups in total. The maximum atomic E-state index is 7.18. The number of likely N-dealkylation sites (tertiary alicyclic amines) is 1. The first-order valence-electron chi connectivity index (χ1n) is 6.05. The van der Waals surface area contributed by atoms with Crippen molar-refractivity contribution in [1.29, 1.82) is 5.41 Å². The molecule has 0 aromatic heterocycles. The Labute approximate surface area is 93.5 Å². The van der Waals surface area contributed by atoms with Crippen molar-refractivity contribution in [2.45, 2.75) is 46.0 Å². The Morgan fingerprint density at radius 1 is 1.33 bits per heavy atom. The highest BCUT2D eigenvalue weighted by Gasteiger charge is 2.22. The molecule has 3 heteroatoms. The number of amidine groups is 1. The van der Waals surface area contributed by atoms with Gasteiger partial charge >= 0.3 is 0 Å². The van der Waals surface area contributed by atoms with Gasteiger partial charge in [0, 0.05) is 6.42 Å². The first kappa shape index (κ1) is 12.5. The topological polar surface area (TPSA) is 53.1 Å². The van der Waals surface area contributed by atoms with Crippen LogP contribution in [0.5, 0.6) is 0 Å². The van der Waals surface area contributed by atoms with Crippen LogP contribution in [0.4, 0.5) is 0 Å². The highest BCUT2D eigenvalue weighted by molar-refractivity contribution is 5.76. The van der Waals surface area contributed by atoms with Crippen LogP contribution in [0.25, 0.3) is 0 Å². The summed E-state index contributed by atoms with van der Waals surface area (Å²) in [6.07, 6.45) is 5.74. The van der Waals surface area contributed by atoms with Gasteiger partial charge in [0.15, 0.2) is 0 Å². The first-order valence-corrected chi connectivity index (χ1v) is 6.05. The third kappa shape index (κ3) is 5.17. The van der Waals surface area contributed by atoms with Crippen molar-refractivity contribution in [2.75, 3.05) is 19.6 Å². The SMILES string of the molecule is CC1(C)CCCN(CCCC(=N)N)CC1. The minimum absolute atomic E-state index is 0.324. The standard InChI is InChI=1S/C12H25N3/c1-12(2)6-4-9-15(10-7-12)8-3-5-11(13)14/h3-10H2,1-2H3,(H3,13,14). The third-order valence-electron chi connectivity index (χ3n) is 3.35.